The third kappa shape index (κ3) is 6.21. The van der Waals surface area contributed by atoms with Gasteiger partial charge in [-0.05, 0) is 49.6 Å². The average molecular weight is 421 g/mol. The number of rotatable bonds is 6. The topological polar surface area (TPSA) is 165 Å². The van der Waals surface area contributed by atoms with E-state index in [1.165, 1.54) is 57.8 Å². The molecule has 168 valence electrons. The van der Waals surface area contributed by atoms with E-state index >= 15 is 0 Å². The summed E-state index contributed by atoms with van der Waals surface area (Å²) in [5.41, 5.74) is 12.1. The fraction of sp³-hybridized carbons (Fsp3) is 0.850. The Bertz CT molecular complexity index is 771. The van der Waals surface area contributed by atoms with E-state index in [9.17, 15) is 4.79 Å². The van der Waals surface area contributed by atoms with E-state index in [0.29, 0.717) is 12.4 Å². The molecule has 2 aliphatic carbocycles. The van der Waals surface area contributed by atoms with Crippen LogP contribution in [0.3, 0.4) is 0 Å². The third-order valence-electron chi connectivity index (χ3n) is 6.89. The largest absolute Gasteiger partial charge is 0.438 e. The van der Waals surface area contributed by atoms with E-state index in [0.717, 1.165) is 38.1 Å². The molecule has 0 aromatic carbocycles. The maximum absolute atomic E-state index is 10.8. The molecule has 0 atom stereocenters. The lowest BCUT2D eigenvalue weighted by Crippen LogP contribution is -2.35. The van der Waals surface area contributed by atoms with Gasteiger partial charge in [-0.3, -0.25) is 9.51 Å². The number of nitrogens with one attached hydrogen (secondary N) is 2. The van der Waals surface area contributed by atoms with Crippen LogP contribution in [0.4, 0.5) is 0 Å². The Morgan fingerprint density at radius 1 is 0.867 bits per heavy atom. The lowest BCUT2D eigenvalue weighted by atomic mass is 9.72. The normalized spacial score (nSPS) is 20.7. The Morgan fingerprint density at radius 3 is 1.90 bits per heavy atom. The number of nitrogens with two attached hydrogens (primary N) is 2. The smallest absolute Gasteiger partial charge is 0.330 e. The van der Waals surface area contributed by atoms with Gasteiger partial charge in [0.15, 0.2) is 11.6 Å². The highest BCUT2D eigenvalue weighted by atomic mass is 16.5. The highest BCUT2D eigenvalue weighted by Gasteiger charge is 2.32. The molecule has 2 aromatic heterocycles. The Balaban J connectivity index is 0.000000171. The highest BCUT2D eigenvalue weighted by molar-refractivity contribution is 4.94. The van der Waals surface area contributed by atoms with Crippen molar-refractivity contribution < 1.29 is 4.52 Å². The summed E-state index contributed by atoms with van der Waals surface area (Å²) in [6, 6.07) is 0. The summed E-state index contributed by atoms with van der Waals surface area (Å²) in [6.45, 7) is 1.39. The Morgan fingerprint density at radius 2 is 1.43 bits per heavy atom. The van der Waals surface area contributed by atoms with Crippen LogP contribution >= 0.6 is 0 Å². The van der Waals surface area contributed by atoms with E-state index in [1.807, 2.05) is 0 Å². The van der Waals surface area contributed by atoms with Gasteiger partial charge in [0.25, 0.3) is 0 Å². The molecule has 2 aliphatic rings. The Kier molecular flexibility index (Phi) is 8.15. The molecular weight excluding hydrogens is 384 g/mol. The zero-order valence-electron chi connectivity index (χ0n) is 17.9. The van der Waals surface area contributed by atoms with Gasteiger partial charge in [-0.1, -0.05) is 55.3 Å². The zero-order chi connectivity index (χ0) is 21.3. The Labute approximate surface area is 176 Å². The van der Waals surface area contributed by atoms with Gasteiger partial charge < -0.3 is 11.5 Å². The van der Waals surface area contributed by atoms with Crippen molar-refractivity contribution >= 4 is 0 Å². The van der Waals surface area contributed by atoms with Crippen LogP contribution < -0.4 is 17.2 Å². The summed E-state index contributed by atoms with van der Waals surface area (Å²) in [7, 11) is 0. The second-order valence-corrected chi connectivity index (χ2v) is 9.11. The van der Waals surface area contributed by atoms with Crippen molar-refractivity contribution in [2.24, 2.45) is 22.3 Å². The first kappa shape index (κ1) is 22.6. The summed E-state index contributed by atoms with van der Waals surface area (Å²) in [5.74, 6) is 0.961. The monoisotopic (exact) mass is 420 g/mol. The van der Waals surface area contributed by atoms with Crippen LogP contribution in [0.5, 0.6) is 0 Å². The van der Waals surface area contributed by atoms with Crippen LogP contribution in [-0.2, 0) is 12.8 Å². The molecule has 10 nitrogen and oxygen atoms in total. The minimum atomic E-state index is -0.479. The average Bonchev–Trinajstić information content (AvgIpc) is 3.36. The van der Waals surface area contributed by atoms with Crippen molar-refractivity contribution in [1.29, 1.82) is 0 Å². The molecular formula is C20H36N8O2. The minimum Gasteiger partial charge on any atom is -0.330 e. The molecule has 0 aliphatic heterocycles. The highest BCUT2D eigenvalue weighted by Crippen LogP contribution is 2.38. The second kappa shape index (κ2) is 10.8. The number of aromatic nitrogens is 6. The maximum atomic E-state index is 10.8. The van der Waals surface area contributed by atoms with Crippen LogP contribution in [0, 0.1) is 10.8 Å². The molecule has 0 bridgehead atoms. The molecule has 0 amide bonds. The summed E-state index contributed by atoms with van der Waals surface area (Å²) in [6.07, 6.45) is 15.3. The quantitative estimate of drug-likeness (QED) is 0.514. The molecule has 4 rings (SSSR count). The Hall–Kier alpha value is -2.07. The van der Waals surface area contributed by atoms with Crippen molar-refractivity contribution in [3.05, 3.63) is 22.2 Å². The van der Waals surface area contributed by atoms with Crippen molar-refractivity contribution in [2.45, 2.75) is 83.5 Å². The van der Waals surface area contributed by atoms with E-state index in [4.69, 9.17) is 11.5 Å². The fourth-order valence-electron chi connectivity index (χ4n) is 4.97. The number of tetrazole rings is 1. The zero-order valence-corrected chi connectivity index (χ0v) is 17.9. The van der Waals surface area contributed by atoms with Gasteiger partial charge in [-0.25, -0.2) is 4.79 Å². The molecule has 2 heterocycles. The summed E-state index contributed by atoms with van der Waals surface area (Å²) in [5, 5.41) is 17.9. The molecule has 0 radical (unpaired) electrons. The maximum Gasteiger partial charge on any atom is 0.438 e. The number of H-pyrrole nitrogens is 2. The van der Waals surface area contributed by atoms with Crippen LogP contribution in [-0.4, -0.2) is 43.9 Å². The molecule has 0 spiro atoms. The second-order valence-electron chi connectivity index (χ2n) is 9.11. The standard InChI is InChI=1S/C10H19N5.C10H17N3O2/c11-8-10(5-3-1-2-4-6-10)7-9-12-14-15-13-9;11-7-10(4-2-1-3-5-10)6-8-12-9(14)15-13-8/h1-8,11H2,(H,12,13,14,15);1-7,11H2,(H,12,13,14). The lowest BCUT2D eigenvalue weighted by Gasteiger charge is -2.35. The summed E-state index contributed by atoms with van der Waals surface area (Å²) >= 11 is 0. The molecule has 0 unspecified atom stereocenters. The number of hydrogen-bond acceptors (Lipinski definition) is 8. The first-order valence-corrected chi connectivity index (χ1v) is 11.3. The summed E-state index contributed by atoms with van der Waals surface area (Å²) in [4.78, 5) is 13.4. The van der Waals surface area contributed by atoms with Gasteiger partial charge in [0.05, 0.1) is 0 Å². The van der Waals surface area contributed by atoms with Gasteiger partial charge in [-0.2, -0.15) is 5.21 Å². The van der Waals surface area contributed by atoms with Crippen LogP contribution in [0.25, 0.3) is 0 Å². The van der Waals surface area contributed by atoms with Crippen molar-refractivity contribution in [3.63, 3.8) is 0 Å². The lowest BCUT2D eigenvalue weighted by molar-refractivity contribution is 0.191. The molecule has 0 saturated heterocycles. The van der Waals surface area contributed by atoms with E-state index in [2.05, 4.69) is 35.3 Å². The number of aromatic amines is 2. The van der Waals surface area contributed by atoms with Crippen LogP contribution in [0.1, 0.15) is 82.3 Å². The summed E-state index contributed by atoms with van der Waals surface area (Å²) < 4.78 is 4.49. The molecule has 10 heteroatoms. The SMILES string of the molecule is NCC1(Cc2nn[nH]n2)CCCCCC1.NCC1(Cc2noc(=O)[nH]2)CCCCC1. The van der Waals surface area contributed by atoms with Crippen LogP contribution in [0.2, 0.25) is 0 Å². The number of hydrogen-bond donors (Lipinski definition) is 4. The predicted molar refractivity (Wildman–Crippen MR) is 112 cm³/mol. The molecule has 2 fully saturated rings. The van der Waals surface area contributed by atoms with E-state index in [1.54, 1.807) is 0 Å². The van der Waals surface area contributed by atoms with Crippen LogP contribution in [0.15, 0.2) is 9.32 Å². The number of nitrogens with zero attached hydrogens (tertiary/aromatic N) is 4. The van der Waals surface area contributed by atoms with Crippen molar-refractivity contribution in [3.8, 4) is 0 Å². The van der Waals surface area contributed by atoms with Crippen molar-refractivity contribution in [2.75, 3.05) is 13.1 Å². The van der Waals surface area contributed by atoms with Crippen molar-refractivity contribution in [1.82, 2.24) is 30.8 Å². The van der Waals surface area contributed by atoms with E-state index in [-0.39, 0.29) is 10.8 Å². The van der Waals surface area contributed by atoms with Gasteiger partial charge in [0.1, 0.15) is 0 Å². The van der Waals surface area contributed by atoms with Gasteiger partial charge in [0, 0.05) is 12.8 Å². The fourth-order valence-corrected chi connectivity index (χ4v) is 4.97. The van der Waals surface area contributed by atoms with Gasteiger partial charge in [0.2, 0.25) is 0 Å². The molecule has 6 N–H and O–H groups in total. The molecule has 30 heavy (non-hydrogen) atoms. The predicted octanol–water partition coefficient (Wildman–Crippen LogP) is 1.86. The van der Waals surface area contributed by atoms with Gasteiger partial charge >= 0.3 is 5.76 Å². The molecule has 2 saturated carbocycles. The first-order chi connectivity index (χ1) is 14.6. The third-order valence-corrected chi connectivity index (χ3v) is 6.89. The van der Waals surface area contributed by atoms with E-state index < -0.39 is 5.76 Å². The minimum absolute atomic E-state index is 0.123. The molecule has 2 aromatic rings. The first-order valence-electron chi connectivity index (χ1n) is 11.3. The van der Waals surface area contributed by atoms with Gasteiger partial charge in [-0.15, -0.1) is 10.2 Å².